The van der Waals surface area contributed by atoms with Crippen LogP contribution in [0.2, 0.25) is 0 Å². The molecule has 0 radical (unpaired) electrons. The summed E-state index contributed by atoms with van der Waals surface area (Å²) in [7, 11) is 0.0226. The molecule has 1 aliphatic heterocycles. The Kier molecular flexibility index (Phi) is 1.67. The number of benzene rings is 1. The molecule has 0 amide bonds. The molecule has 0 N–H and O–H groups in total. The Morgan fingerprint density at radius 2 is 2.00 bits per heavy atom. The first-order valence-corrected chi connectivity index (χ1v) is 6.72. The van der Waals surface area contributed by atoms with E-state index in [9.17, 15) is 0 Å². The maximum absolute atomic E-state index is 2.54. The molecule has 14 heavy (non-hydrogen) atoms. The van der Waals surface area contributed by atoms with Crippen molar-refractivity contribution < 1.29 is 0 Å². The summed E-state index contributed by atoms with van der Waals surface area (Å²) < 4.78 is 0. The van der Waals surface area contributed by atoms with E-state index in [2.05, 4.69) is 50.0 Å². The van der Waals surface area contributed by atoms with Crippen molar-refractivity contribution in [2.45, 2.75) is 25.9 Å². The van der Waals surface area contributed by atoms with Crippen LogP contribution < -0.4 is 5.30 Å². The van der Waals surface area contributed by atoms with Gasteiger partial charge in [-0.05, 0) is 37.6 Å². The average Bonchev–Trinajstić information content (AvgIpc) is 2.83. The molecule has 0 aromatic heterocycles. The molecular weight excluding hydrogens is 187 g/mol. The molecule has 3 atom stereocenters. The lowest BCUT2D eigenvalue weighted by Gasteiger charge is -2.09. The van der Waals surface area contributed by atoms with Crippen LogP contribution in [-0.2, 0) is 0 Å². The highest BCUT2D eigenvalue weighted by molar-refractivity contribution is 7.70. The summed E-state index contributed by atoms with van der Waals surface area (Å²) >= 11 is 0. The third-order valence-corrected chi connectivity index (χ3v) is 6.80. The second-order valence-corrected chi connectivity index (χ2v) is 6.90. The lowest BCUT2D eigenvalue weighted by Crippen LogP contribution is -2.01. The third kappa shape index (κ3) is 1.04. The van der Waals surface area contributed by atoms with Crippen molar-refractivity contribution >= 4 is 13.2 Å². The summed E-state index contributed by atoms with van der Waals surface area (Å²) in [4.78, 5) is 0. The lowest BCUT2D eigenvalue weighted by molar-refractivity contribution is 0.702. The van der Waals surface area contributed by atoms with Gasteiger partial charge < -0.3 is 0 Å². The lowest BCUT2D eigenvalue weighted by atomic mass is 10.0. The van der Waals surface area contributed by atoms with Gasteiger partial charge in [0, 0.05) is 0 Å². The molecule has 0 nitrogen and oxygen atoms in total. The van der Waals surface area contributed by atoms with Crippen molar-refractivity contribution in [2.75, 3.05) is 0 Å². The Balaban J connectivity index is 1.97. The van der Waals surface area contributed by atoms with Gasteiger partial charge in [-0.15, -0.1) is 0 Å². The zero-order valence-electron chi connectivity index (χ0n) is 8.70. The van der Waals surface area contributed by atoms with E-state index in [1.165, 1.54) is 6.42 Å². The van der Waals surface area contributed by atoms with Crippen molar-refractivity contribution in [3.8, 4) is 0 Å². The minimum absolute atomic E-state index is 0.0226. The smallest absolute Gasteiger partial charge is 0.00343 e. The predicted octanol–water partition coefficient (Wildman–Crippen LogP) is 3.49. The standard InChI is InChI=1S/C13H15P/c1-10-9-14(12-8-13(10,12)2)11-6-4-3-5-7-11/h3-7,9,12H,8H2,1-2H3/t12-,13-,14?/m1/s1. The Hall–Kier alpha value is -0.610. The Morgan fingerprint density at radius 1 is 1.29 bits per heavy atom. The van der Waals surface area contributed by atoms with Crippen LogP contribution in [0.4, 0.5) is 0 Å². The molecule has 0 spiro atoms. The molecule has 1 aromatic carbocycles. The van der Waals surface area contributed by atoms with Gasteiger partial charge in [0.2, 0.25) is 0 Å². The summed E-state index contributed by atoms with van der Waals surface area (Å²) in [6.07, 6.45) is 1.43. The van der Waals surface area contributed by atoms with Gasteiger partial charge in [0.15, 0.2) is 0 Å². The molecule has 1 saturated carbocycles. The molecule has 2 aliphatic rings. The molecule has 1 heterocycles. The van der Waals surface area contributed by atoms with E-state index < -0.39 is 0 Å². The van der Waals surface area contributed by atoms with E-state index in [0.717, 1.165) is 5.66 Å². The summed E-state index contributed by atoms with van der Waals surface area (Å²) in [5.41, 5.74) is 3.18. The molecule has 1 unspecified atom stereocenters. The number of fused-ring (bicyclic) bond motifs is 1. The fraction of sp³-hybridized carbons (Fsp3) is 0.385. The number of rotatable bonds is 1. The Morgan fingerprint density at radius 3 is 2.50 bits per heavy atom. The first-order chi connectivity index (χ1) is 6.72. The van der Waals surface area contributed by atoms with Crippen LogP contribution in [0.5, 0.6) is 0 Å². The highest BCUT2D eigenvalue weighted by atomic mass is 31.1. The van der Waals surface area contributed by atoms with Gasteiger partial charge in [-0.1, -0.05) is 48.6 Å². The largest absolute Gasteiger partial charge is 0.0659 e. The first kappa shape index (κ1) is 8.68. The van der Waals surface area contributed by atoms with E-state index in [1.807, 2.05) is 0 Å². The van der Waals surface area contributed by atoms with Gasteiger partial charge >= 0.3 is 0 Å². The highest BCUT2D eigenvalue weighted by Gasteiger charge is 2.58. The zero-order chi connectivity index (χ0) is 9.76. The van der Waals surface area contributed by atoms with Crippen molar-refractivity contribution in [1.29, 1.82) is 0 Å². The molecule has 1 heteroatoms. The van der Waals surface area contributed by atoms with Gasteiger partial charge in [0.25, 0.3) is 0 Å². The molecule has 1 aromatic rings. The van der Waals surface area contributed by atoms with Crippen LogP contribution >= 0.6 is 7.92 Å². The quantitative estimate of drug-likeness (QED) is 0.611. The third-order valence-electron chi connectivity index (χ3n) is 3.82. The SMILES string of the molecule is CC1=CP(c2ccccc2)[C@@H]2C[C@]12C. The number of allylic oxidation sites excluding steroid dienone is 1. The maximum atomic E-state index is 2.54. The van der Waals surface area contributed by atoms with Gasteiger partial charge in [-0.2, -0.15) is 0 Å². The molecule has 0 saturated heterocycles. The molecule has 1 aliphatic carbocycles. The van der Waals surface area contributed by atoms with E-state index in [1.54, 1.807) is 10.9 Å². The predicted molar refractivity (Wildman–Crippen MR) is 63.3 cm³/mol. The van der Waals surface area contributed by atoms with Gasteiger partial charge in [-0.3, -0.25) is 0 Å². The number of hydrogen-bond donors (Lipinski definition) is 0. The van der Waals surface area contributed by atoms with Gasteiger partial charge in [-0.25, -0.2) is 0 Å². The second-order valence-electron chi connectivity index (χ2n) is 4.69. The van der Waals surface area contributed by atoms with Crippen LogP contribution in [0, 0.1) is 5.41 Å². The summed E-state index contributed by atoms with van der Waals surface area (Å²) in [6, 6.07) is 11.0. The summed E-state index contributed by atoms with van der Waals surface area (Å²) in [6.45, 7) is 4.74. The molecule has 3 rings (SSSR count). The minimum atomic E-state index is 0.0226. The van der Waals surface area contributed by atoms with Crippen molar-refractivity contribution in [3.05, 3.63) is 41.7 Å². The fourth-order valence-corrected chi connectivity index (χ4v) is 5.78. The van der Waals surface area contributed by atoms with Gasteiger partial charge in [0.05, 0.1) is 0 Å². The van der Waals surface area contributed by atoms with Crippen molar-refractivity contribution in [1.82, 2.24) is 0 Å². The van der Waals surface area contributed by atoms with Crippen LogP contribution in [-0.4, -0.2) is 5.66 Å². The minimum Gasteiger partial charge on any atom is -0.0659 e. The highest BCUT2D eigenvalue weighted by Crippen LogP contribution is 2.73. The van der Waals surface area contributed by atoms with E-state index in [0.29, 0.717) is 5.41 Å². The van der Waals surface area contributed by atoms with Crippen molar-refractivity contribution in [2.24, 2.45) is 5.41 Å². The normalized spacial score (nSPS) is 39.1. The van der Waals surface area contributed by atoms with Gasteiger partial charge in [0.1, 0.15) is 0 Å². The van der Waals surface area contributed by atoms with E-state index in [4.69, 9.17) is 0 Å². The van der Waals surface area contributed by atoms with E-state index in [-0.39, 0.29) is 7.92 Å². The fourth-order valence-electron chi connectivity index (χ4n) is 2.47. The second kappa shape index (κ2) is 2.70. The topological polar surface area (TPSA) is 0 Å². The first-order valence-electron chi connectivity index (χ1n) is 5.24. The average molecular weight is 202 g/mol. The summed E-state index contributed by atoms with van der Waals surface area (Å²) in [5, 5.41) is 1.56. The monoisotopic (exact) mass is 202 g/mol. The molecule has 1 fully saturated rings. The molecular formula is C13H15P. The van der Waals surface area contributed by atoms with Crippen molar-refractivity contribution in [3.63, 3.8) is 0 Å². The Bertz CT molecular complexity index is 393. The Labute approximate surface area is 86.8 Å². The molecule has 0 bridgehead atoms. The van der Waals surface area contributed by atoms with Crippen LogP contribution in [0.3, 0.4) is 0 Å². The maximum Gasteiger partial charge on any atom is -0.00343 e. The van der Waals surface area contributed by atoms with E-state index >= 15 is 0 Å². The van der Waals surface area contributed by atoms with Crippen LogP contribution in [0.15, 0.2) is 41.7 Å². The zero-order valence-corrected chi connectivity index (χ0v) is 9.59. The molecule has 72 valence electrons. The number of hydrogen-bond acceptors (Lipinski definition) is 0. The van der Waals surface area contributed by atoms with Crippen LogP contribution in [0.1, 0.15) is 20.3 Å². The summed E-state index contributed by atoms with van der Waals surface area (Å²) in [5.74, 6) is 2.54. The van der Waals surface area contributed by atoms with Crippen LogP contribution in [0.25, 0.3) is 0 Å².